The lowest BCUT2D eigenvalue weighted by Crippen LogP contribution is -2.40. The van der Waals surface area contributed by atoms with E-state index in [9.17, 15) is 13.2 Å². The fourth-order valence-corrected chi connectivity index (χ4v) is 4.27. The molecule has 0 radical (unpaired) electrons. The van der Waals surface area contributed by atoms with E-state index >= 15 is 0 Å². The standard InChI is InChI=1S/C21H21ClN2O4S/c1-16-5-2-3-6-17(16)14-24(15-21(25)23-13-19-7-4-12-28-19)29(26,27)20-10-8-18(22)9-11-20/h2-12H,13-15H2,1H3,(H,23,25). The van der Waals surface area contributed by atoms with Crippen molar-refractivity contribution in [2.45, 2.75) is 24.9 Å². The van der Waals surface area contributed by atoms with Crippen LogP contribution in [0, 0.1) is 6.92 Å². The van der Waals surface area contributed by atoms with Gasteiger partial charge in [-0.15, -0.1) is 0 Å². The fourth-order valence-electron chi connectivity index (χ4n) is 2.77. The minimum Gasteiger partial charge on any atom is -0.467 e. The Hall–Kier alpha value is -2.61. The molecular formula is C21H21ClN2O4S. The van der Waals surface area contributed by atoms with Crippen molar-refractivity contribution in [2.75, 3.05) is 6.54 Å². The molecule has 0 aliphatic carbocycles. The van der Waals surface area contributed by atoms with E-state index in [1.54, 1.807) is 12.1 Å². The van der Waals surface area contributed by atoms with E-state index < -0.39 is 15.9 Å². The zero-order chi connectivity index (χ0) is 20.9. The predicted molar refractivity (Wildman–Crippen MR) is 111 cm³/mol. The summed E-state index contributed by atoms with van der Waals surface area (Å²) in [6.07, 6.45) is 1.51. The Morgan fingerprint density at radius 2 is 1.79 bits per heavy atom. The first-order valence-electron chi connectivity index (χ1n) is 8.95. The van der Waals surface area contributed by atoms with Crippen LogP contribution in [-0.2, 0) is 27.9 Å². The van der Waals surface area contributed by atoms with Gasteiger partial charge in [-0.2, -0.15) is 4.31 Å². The number of aryl methyl sites for hydroxylation is 1. The van der Waals surface area contributed by atoms with E-state index in [-0.39, 0.29) is 24.5 Å². The van der Waals surface area contributed by atoms with Crippen LogP contribution < -0.4 is 5.32 Å². The Balaban J connectivity index is 1.83. The predicted octanol–water partition coefficient (Wildman–Crippen LogP) is 3.75. The summed E-state index contributed by atoms with van der Waals surface area (Å²) in [5, 5.41) is 3.12. The van der Waals surface area contributed by atoms with Gasteiger partial charge in [-0.25, -0.2) is 8.42 Å². The lowest BCUT2D eigenvalue weighted by molar-refractivity contribution is -0.121. The van der Waals surface area contributed by atoms with Gasteiger partial charge in [-0.1, -0.05) is 35.9 Å². The number of furan rings is 1. The Labute approximate surface area is 175 Å². The molecule has 0 bridgehead atoms. The highest BCUT2D eigenvalue weighted by molar-refractivity contribution is 7.89. The molecule has 0 spiro atoms. The molecule has 2 aromatic carbocycles. The van der Waals surface area contributed by atoms with Crippen LogP contribution in [0.1, 0.15) is 16.9 Å². The summed E-state index contributed by atoms with van der Waals surface area (Å²) in [5.41, 5.74) is 1.77. The zero-order valence-corrected chi connectivity index (χ0v) is 17.4. The van der Waals surface area contributed by atoms with Crippen molar-refractivity contribution >= 4 is 27.5 Å². The van der Waals surface area contributed by atoms with Gasteiger partial charge in [0.05, 0.1) is 24.2 Å². The molecular weight excluding hydrogens is 412 g/mol. The normalized spacial score (nSPS) is 11.6. The Bertz CT molecular complexity index is 1060. The average molecular weight is 433 g/mol. The Morgan fingerprint density at radius 1 is 1.07 bits per heavy atom. The van der Waals surface area contributed by atoms with Crippen molar-refractivity contribution in [1.29, 1.82) is 0 Å². The van der Waals surface area contributed by atoms with E-state index in [1.807, 2.05) is 31.2 Å². The van der Waals surface area contributed by atoms with E-state index in [0.717, 1.165) is 15.4 Å². The van der Waals surface area contributed by atoms with Crippen LogP contribution >= 0.6 is 11.6 Å². The van der Waals surface area contributed by atoms with Gasteiger partial charge in [-0.3, -0.25) is 4.79 Å². The van der Waals surface area contributed by atoms with Crippen molar-refractivity contribution in [3.8, 4) is 0 Å². The van der Waals surface area contributed by atoms with Crippen LogP contribution in [0.25, 0.3) is 0 Å². The van der Waals surface area contributed by atoms with Crippen LogP contribution in [-0.4, -0.2) is 25.2 Å². The number of carbonyl (C=O) groups excluding carboxylic acids is 1. The number of amides is 1. The van der Waals surface area contributed by atoms with Crippen LogP contribution in [0.2, 0.25) is 5.02 Å². The van der Waals surface area contributed by atoms with E-state index in [4.69, 9.17) is 16.0 Å². The molecule has 0 fully saturated rings. The average Bonchev–Trinajstić information content (AvgIpc) is 3.21. The van der Waals surface area contributed by atoms with Gasteiger partial charge in [0.1, 0.15) is 5.76 Å². The van der Waals surface area contributed by atoms with Crippen LogP contribution in [0.3, 0.4) is 0 Å². The third-order valence-electron chi connectivity index (χ3n) is 4.42. The number of hydrogen-bond acceptors (Lipinski definition) is 4. The van der Waals surface area contributed by atoms with Crippen molar-refractivity contribution in [1.82, 2.24) is 9.62 Å². The highest BCUT2D eigenvalue weighted by atomic mass is 35.5. The van der Waals surface area contributed by atoms with Gasteiger partial charge in [0.15, 0.2) is 0 Å². The van der Waals surface area contributed by atoms with Crippen LogP contribution in [0.4, 0.5) is 0 Å². The van der Waals surface area contributed by atoms with Crippen LogP contribution in [0.15, 0.2) is 76.2 Å². The molecule has 0 aliphatic rings. The molecule has 3 rings (SSSR count). The fraction of sp³-hybridized carbons (Fsp3) is 0.190. The van der Waals surface area contributed by atoms with Crippen molar-refractivity contribution in [3.63, 3.8) is 0 Å². The summed E-state index contributed by atoms with van der Waals surface area (Å²) in [5.74, 6) is 0.164. The minimum atomic E-state index is -3.91. The number of halogens is 1. The number of benzene rings is 2. The quantitative estimate of drug-likeness (QED) is 0.588. The van der Waals surface area contributed by atoms with Gasteiger partial charge in [0.25, 0.3) is 0 Å². The second-order valence-electron chi connectivity index (χ2n) is 6.51. The first-order chi connectivity index (χ1) is 13.9. The van der Waals surface area contributed by atoms with Gasteiger partial charge in [0, 0.05) is 11.6 Å². The molecule has 0 saturated carbocycles. The summed E-state index contributed by atoms with van der Waals surface area (Å²) in [6, 6.07) is 16.8. The first-order valence-corrected chi connectivity index (χ1v) is 10.8. The molecule has 0 saturated heterocycles. The molecule has 6 nitrogen and oxygen atoms in total. The molecule has 1 N–H and O–H groups in total. The molecule has 1 heterocycles. The molecule has 8 heteroatoms. The zero-order valence-electron chi connectivity index (χ0n) is 15.8. The van der Waals surface area contributed by atoms with Crippen molar-refractivity contribution in [3.05, 3.63) is 88.8 Å². The van der Waals surface area contributed by atoms with Gasteiger partial charge in [0.2, 0.25) is 15.9 Å². The minimum absolute atomic E-state index is 0.0752. The molecule has 0 unspecified atom stereocenters. The van der Waals surface area contributed by atoms with E-state index in [0.29, 0.717) is 10.8 Å². The highest BCUT2D eigenvalue weighted by Gasteiger charge is 2.27. The van der Waals surface area contributed by atoms with E-state index in [2.05, 4.69) is 5.32 Å². The molecule has 3 aromatic rings. The monoisotopic (exact) mass is 432 g/mol. The SMILES string of the molecule is Cc1ccccc1CN(CC(=O)NCc1ccco1)S(=O)(=O)c1ccc(Cl)cc1. The number of nitrogens with zero attached hydrogens (tertiary/aromatic N) is 1. The number of sulfonamides is 1. The summed E-state index contributed by atoms with van der Waals surface area (Å²) in [4.78, 5) is 12.6. The van der Waals surface area contributed by atoms with Gasteiger partial charge >= 0.3 is 0 Å². The highest BCUT2D eigenvalue weighted by Crippen LogP contribution is 2.21. The molecule has 0 aliphatic heterocycles. The maximum atomic E-state index is 13.2. The second-order valence-corrected chi connectivity index (χ2v) is 8.88. The maximum Gasteiger partial charge on any atom is 0.243 e. The lowest BCUT2D eigenvalue weighted by atomic mass is 10.1. The number of rotatable bonds is 8. The molecule has 1 amide bonds. The summed E-state index contributed by atoms with van der Waals surface area (Å²) in [7, 11) is -3.91. The molecule has 0 atom stereocenters. The van der Waals surface area contributed by atoms with Gasteiger partial charge in [-0.05, 0) is 54.4 Å². The Morgan fingerprint density at radius 3 is 2.45 bits per heavy atom. The smallest absolute Gasteiger partial charge is 0.243 e. The lowest BCUT2D eigenvalue weighted by Gasteiger charge is -2.23. The summed E-state index contributed by atoms with van der Waals surface area (Å²) < 4.78 is 32.8. The van der Waals surface area contributed by atoms with Crippen molar-refractivity contribution in [2.24, 2.45) is 0 Å². The van der Waals surface area contributed by atoms with Crippen LogP contribution in [0.5, 0.6) is 0 Å². The third-order valence-corrected chi connectivity index (χ3v) is 6.48. The molecule has 1 aromatic heterocycles. The topological polar surface area (TPSA) is 79.6 Å². The molecule has 29 heavy (non-hydrogen) atoms. The summed E-state index contributed by atoms with van der Waals surface area (Å²) in [6.45, 7) is 1.84. The van der Waals surface area contributed by atoms with E-state index in [1.165, 1.54) is 30.5 Å². The van der Waals surface area contributed by atoms with Crippen molar-refractivity contribution < 1.29 is 17.6 Å². The number of nitrogens with one attached hydrogen (secondary N) is 1. The van der Waals surface area contributed by atoms with Gasteiger partial charge < -0.3 is 9.73 Å². The Kier molecular flexibility index (Phi) is 6.74. The number of hydrogen-bond donors (Lipinski definition) is 1. The summed E-state index contributed by atoms with van der Waals surface area (Å²) >= 11 is 5.88. The second kappa shape index (κ2) is 9.26. The third kappa shape index (κ3) is 5.47. The first kappa shape index (κ1) is 21.1. The molecule has 152 valence electrons. The maximum absolute atomic E-state index is 13.2. The largest absolute Gasteiger partial charge is 0.467 e. The number of carbonyl (C=O) groups is 1.